The van der Waals surface area contributed by atoms with Crippen LogP contribution in [-0.2, 0) is 9.53 Å². The second kappa shape index (κ2) is 14.3. The normalized spacial score (nSPS) is 19.5. The van der Waals surface area contributed by atoms with Gasteiger partial charge in [-0.25, -0.2) is 8.78 Å². The number of likely N-dealkylation sites (tertiary alicyclic amines) is 1. The fourth-order valence-electron chi connectivity index (χ4n) is 3.63. The van der Waals surface area contributed by atoms with Crippen LogP contribution in [0.15, 0.2) is 4.99 Å². The third-order valence-corrected chi connectivity index (χ3v) is 5.08. The standard InChI is InChI=1S/C19H34F2N4O2.HI/c1-2-22-19(24-15-9-12-25(13-10-15)14-17(20)21)23-11-5-8-18(26)27-16-6-3-4-7-16;/h15-17H,2-14H2,1H3,(H2,22,23,24);1H. The summed E-state index contributed by atoms with van der Waals surface area (Å²) < 4.78 is 30.3. The summed E-state index contributed by atoms with van der Waals surface area (Å²) in [5.74, 6) is 0.607. The average molecular weight is 516 g/mol. The van der Waals surface area contributed by atoms with E-state index in [9.17, 15) is 13.6 Å². The lowest BCUT2D eigenvalue weighted by Gasteiger charge is -2.32. The van der Waals surface area contributed by atoms with Crippen LogP contribution in [0.3, 0.4) is 0 Å². The first kappa shape index (κ1) is 25.3. The van der Waals surface area contributed by atoms with Gasteiger partial charge in [-0.15, -0.1) is 24.0 Å². The van der Waals surface area contributed by atoms with Crippen LogP contribution in [-0.4, -0.2) is 68.1 Å². The summed E-state index contributed by atoms with van der Waals surface area (Å²) in [5.41, 5.74) is 0. The fraction of sp³-hybridized carbons (Fsp3) is 0.895. The van der Waals surface area contributed by atoms with Crippen LogP contribution < -0.4 is 10.6 Å². The highest BCUT2D eigenvalue weighted by molar-refractivity contribution is 14.0. The van der Waals surface area contributed by atoms with E-state index in [0.717, 1.165) is 51.0 Å². The minimum Gasteiger partial charge on any atom is -0.462 e. The maximum Gasteiger partial charge on any atom is 0.306 e. The van der Waals surface area contributed by atoms with Crippen molar-refractivity contribution in [3.05, 3.63) is 0 Å². The Kier molecular flexibility index (Phi) is 12.9. The van der Waals surface area contributed by atoms with Crippen molar-refractivity contribution in [3.8, 4) is 0 Å². The summed E-state index contributed by atoms with van der Waals surface area (Å²) >= 11 is 0. The Morgan fingerprint density at radius 3 is 2.50 bits per heavy atom. The first-order valence-electron chi connectivity index (χ1n) is 10.3. The zero-order valence-corrected chi connectivity index (χ0v) is 19.1. The lowest BCUT2D eigenvalue weighted by atomic mass is 10.1. The van der Waals surface area contributed by atoms with Crippen molar-refractivity contribution >= 4 is 35.9 Å². The van der Waals surface area contributed by atoms with Crippen LogP contribution in [0.1, 0.15) is 58.3 Å². The van der Waals surface area contributed by atoms with Gasteiger partial charge in [0.1, 0.15) is 6.10 Å². The largest absolute Gasteiger partial charge is 0.462 e. The van der Waals surface area contributed by atoms with Crippen molar-refractivity contribution in [3.63, 3.8) is 0 Å². The number of ether oxygens (including phenoxy) is 1. The molecule has 2 rings (SSSR count). The molecule has 0 amide bonds. The van der Waals surface area contributed by atoms with Gasteiger partial charge in [0.05, 0.1) is 6.54 Å². The third-order valence-electron chi connectivity index (χ3n) is 5.08. The van der Waals surface area contributed by atoms with E-state index in [0.29, 0.717) is 32.5 Å². The molecule has 2 fully saturated rings. The second-order valence-electron chi connectivity index (χ2n) is 7.37. The zero-order chi connectivity index (χ0) is 19.5. The smallest absolute Gasteiger partial charge is 0.306 e. The molecular weight excluding hydrogens is 481 g/mol. The molecule has 1 saturated heterocycles. The molecule has 0 bridgehead atoms. The molecule has 28 heavy (non-hydrogen) atoms. The molecule has 1 aliphatic carbocycles. The van der Waals surface area contributed by atoms with Gasteiger partial charge in [0.15, 0.2) is 5.96 Å². The van der Waals surface area contributed by atoms with Crippen LogP contribution in [0.4, 0.5) is 8.78 Å². The number of nitrogens with zero attached hydrogens (tertiary/aromatic N) is 2. The van der Waals surface area contributed by atoms with E-state index >= 15 is 0 Å². The number of aliphatic imine (C=N–C) groups is 1. The maximum absolute atomic E-state index is 12.5. The van der Waals surface area contributed by atoms with Crippen LogP contribution >= 0.6 is 24.0 Å². The predicted molar refractivity (Wildman–Crippen MR) is 118 cm³/mol. The highest BCUT2D eigenvalue weighted by atomic mass is 127. The van der Waals surface area contributed by atoms with Crippen LogP contribution in [0.5, 0.6) is 0 Å². The number of nitrogens with one attached hydrogen (secondary N) is 2. The Balaban J connectivity index is 0.00000392. The minimum atomic E-state index is -2.27. The quantitative estimate of drug-likeness (QED) is 0.162. The first-order chi connectivity index (χ1) is 13.1. The Labute approximate surface area is 184 Å². The van der Waals surface area contributed by atoms with Gasteiger partial charge in [-0.2, -0.15) is 0 Å². The number of esters is 1. The number of piperidine rings is 1. The first-order valence-corrected chi connectivity index (χ1v) is 10.3. The molecule has 0 aromatic rings. The molecule has 2 N–H and O–H groups in total. The topological polar surface area (TPSA) is 66.0 Å². The number of guanidine groups is 1. The van der Waals surface area contributed by atoms with Gasteiger partial charge in [-0.05, 0) is 51.9 Å². The van der Waals surface area contributed by atoms with Gasteiger partial charge >= 0.3 is 5.97 Å². The summed E-state index contributed by atoms with van der Waals surface area (Å²) in [6.45, 7) is 4.52. The molecule has 0 aromatic heterocycles. The van der Waals surface area contributed by atoms with Crippen LogP contribution in [0.25, 0.3) is 0 Å². The number of halogens is 3. The molecule has 0 spiro atoms. The van der Waals surface area contributed by atoms with E-state index in [1.54, 1.807) is 0 Å². The number of carbonyl (C=O) groups excluding carboxylic acids is 1. The number of hydrogen-bond acceptors (Lipinski definition) is 4. The minimum absolute atomic E-state index is 0. The van der Waals surface area contributed by atoms with Crippen molar-refractivity contribution < 1.29 is 18.3 Å². The molecule has 164 valence electrons. The molecule has 0 atom stereocenters. The van der Waals surface area contributed by atoms with Gasteiger partial charge in [0.25, 0.3) is 6.43 Å². The molecule has 1 heterocycles. The summed E-state index contributed by atoms with van der Waals surface area (Å²) in [7, 11) is 0. The van der Waals surface area contributed by atoms with Gasteiger partial charge in [-0.1, -0.05) is 0 Å². The summed E-state index contributed by atoms with van der Waals surface area (Å²) in [6, 6.07) is 0.240. The average Bonchev–Trinajstić information content (AvgIpc) is 3.13. The Hall–Kier alpha value is -0.710. The van der Waals surface area contributed by atoms with E-state index in [-0.39, 0.29) is 48.6 Å². The number of rotatable bonds is 9. The number of carbonyl (C=O) groups is 1. The molecular formula is C19H35F2IN4O2. The lowest BCUT2D eigenvalue weighted by molar-refractivity contribution is -0.148. The maximum atomic E-state index is 12.5. The molecule has 1 saturated carbocycles. The van der Waals surface area contributed by atoms with Crippen molar-refractivity contribution in [1.82, 2.24) is 15.5 Å². The molecule has 0 radical (unpaired) electrons. The molecule has 1 aliphatic heterocycles. The monoisotopic (exact) mass is 516 g/mol. The SMILES string of the molecule is CCNC(=NCCCC(=O)OC1CCCC1)NC1CCN(CC(F)F)CC1.I. The third kappa shape index (κ3) is 10.2. The number of hydrogen-bond donors (Lipinski definition) is 2. The molecule has 0 aromatic carbocycles. The zero-order valence-electron chi connectivity index (χ0n) is 16.8. The van der Waals surface area contributed by atoms with E-state index in [1.165, 1.54) is 0 Å². The van der Waals surface area contributed by atoms with Crippen LogP contribution in [0, 0.1) is 0 Å². The van der Waals surface area contributed by atoms with E-state index in [4.69, 9.17) is 4.74 Å². The van der Waals surface area contributed by atoms with E-state index in [2.05, 4.69) is 15.6 Å². The van der Waals surface area contributed by atoms with Crippen molar-refractivity contribution in [2.45, 2.75) is 76.9 Å². The highest BCUT2D eigenvalue weighted by Gasteiger charge is 2.22. The highest BCUT2D eigenvalue weighted by Crippen LogP contribution is 2.21. The van der Waals surface area contributed by atoms with Gasteiger partial charge in [0, 0.05) is 38.6 Å². The van der Waals surface area contributed by atoms with E-state index < -0.39 is 6.43 Å². The molecule has 0 unspecified atom stereocenters. The van der Waals surface area contributed by atoms with Crippen LogP contribution in [0.2, 0.25) is 0 Å². The molecule has 9 heteroatoms. The molecule has 6 nitrogen and oxygen atoms in total. The van der Waals surface area contributed by atoms with E-state index in [1.807, 2.05) is 11.8 Å². The Bertz CT molecular complexity index is 469. The molecule has 2 aliphatic rings. The second-order valence-corrected chi connectivity index (χ2v) is 7.37. The predicted octanol–water partition coefficient (Wildman–Crippen LogP) is 3.16. The lowest BCUT2D eigenvalue weighted by Crippen LogP contribution is -2.49. The number of alkyl halides is 2. The fourth-order valence-corrected chi connectivity index (χ4v) is 3.63. The Morgan fingerprint density at radius 1 is 1.21 bits per heavy atom. The van der Waals surface area contributed by atoms with Crippen molar-refractivity contribution in [1.29, 1.82) is 0 Å². The summed E-state index contributed by atoms with van der Waals surface area (Å²) in [6.07, 6.45) is 4.85. The Morgan fingerprint density at radius 2 is 1.89 bits per heavy atom. The van der Waals surface area contributed by atoms with Crippen molar-refractivity contribution in [2.75, 3.05) is 32.7 Å². The van der Waals surface area contributed by atoms with Crippen molar-refractivity contribution in [2.24, 2.45) is 4.99 Å². The van der Waals surface area contributed by atoms with Gasteiger partial charge in [-0.3, -0.25) is 14.7 Å². The summed E-state index contributed by atoms with van der Waals surface area (Å²) in [4.78, 5) is 18.2. The van der Waals surface area contributed by atoms with Gasteiger partial charge < -0.3 is 15.4 Å². The van der Waals surface area contributed by atoms with Gasteiger partial charge in [0.2, 0.25) is 0 Å². The summed E-state index contributed by atoms with van der Waals surface area (Å²) in [5, 5.41) is 6.60.